The van der Waals surface area contributed by atoms with Crippen LogP contribution in [0.2, 0.25) is 0 Å². The van der Waals surface area contributed by atoms with E-state index in [4.69, 9.17) is 14.2 Å². The largest absolute Gasteiger partial charge is 0.496 e. The van der Waals surface area contributed by atoms with Gasteiger partial charge in [0.05, 0.1) is 19.8 Å². The Kier molecular flexibility index (Phi) is 4.10. The van der Waals surface area contributed by atoms with Crippen molar-refractivity contribution in [3.05, 3.63) is 65.4 Å². The number of hydrogen-bond acceptors (Lipinski definition) is 5. The van der Waals surface area contributed by atoms with E-state index >= 15 is 0 Å². The first-order valence-corrected chi connectivity index (χ1v) is 7.02. The van der Waals surface area contributed by atoms with Gasteiger partial charge in [0.1, 0.15) is 11.5 Å². The van der Waals surface area contributed by atoms with Gasteiger partial charge in [-0.25, -0.2) is 9.79 Å². The summed E-state index contributed by atoms with van der Waals surface area (Å²) in [7, 11) is 3.13. The number of cyclic esters (lactones) is 1. The van der Waals surface area contributed by atoms with Gasteiger partial charge in [-0.1, -0.05) is 30.3 Å². The molecule has 23 heavy (non-hydrogen) atoms. The number of aliphatic imine (C=N–C) groups is 1. The van der Waals surface area contributed by atoms with E-state index < -0.39 is 5.97 Å². The number of ether oxygens (including phenoxy) is 3. The summed E-state index contributed by atoms with van der Waals surface area (Å²) < 4.78 is 15.8. The minimum Gasteiger partial charge on any atom is -0.496 e. The van der Waals surface area contributed by atoms with Crippen molar-refractivity contribution >= 4 is 17.9 Å². The predicted octanol–water partition coefficient (Wildman–Crippen LogP) is 3.05. The van der Waals surface area contributed by atoms with Crippen molar-refractivity contribution in [2.75, 3.05) is 14.2 Å². The van der Waals surface area contributed by atoms with E-state index in [2.05, 4.69) is 4.99 Å². The molecule has 0 aromatic heterocycles. The molecular formula is C18H15NO4. The third-order valence-corrected chi connectivity index (χ3v) is 3.39. The Balaban J connectivity index is 2.00. The van der Waals surface area contributed by atoms with Gasteiger partial charge in [0.15, 0.2) is 5.70 Å². The molecule has 1 aliphatic rings. The monoisotopic (exact) mass is 309 g/mol. The van der Waals surface area contributed by atoms with Crippen molar-refractivity contribution < 1.29 is 19.0 Å². The molecule has 0 radical (unpaired) electrons. The number of esters is 1. The summed E-state index contributed by atoms with van der Waals surface area (Å²) in [4.78, 5) is 16.4. The first-order chi connectivity index (χ1) is 11.2. The molecule has 0 aliphatic carbocycles. The van der Waals surface area contributed by atoms with Crippen molar-refractivity contribution in [2.24, 2.45) is 4.99 Å². The molecular weight excluding hydrogens is 294 g/mol. The number of methoxy groups -OCH3 is 2. The molecule has 0 amide bonds. The molecule has 0 atom stereocenters. The Morgan fingerprint density at radius 3 is 2.35 bits per heavy atom. The molecule has 5 heteroatoms. The highest BCUT2D eigenvalue weighted by molar-refractivity contribution is 6.13. The summed E-state index contributed by atoms with van der Waals surface area (Å²) >= 11 is 0. The highest BCUT2D eigenvalue weighted by Gasteiger charge is 2.26. The van der Waals surface area contributed by atoms with E-state index in [0.29, 0.717) is 17.1 Å². The standard InChI is InChI=1S/C18H15NO4/c1-21-15-9-5-3-7-12(15)11-14-18(20)23-17(19-14)13-8-4-6-10-16(13)22-2/h3-11H,1-2H3/b14-11-. The summed E-state index contributed by atoms with van der Waals surface area (Å²) in [5.41, 5.74) is 1.61. The van der Waals surface area contributed by atoms with Gasteiger partial charge in [-0.3, -0.25) is 0 Å². The highest BCUT2D eigenvalue weighted by atomic mass is 16.6. The maximum Gasteiger partial charge on any atom is 0.363 e. The number of benzene rings is 2. The van der Waals surface area contributed by atoms with Crippen LogP contribution >= 0.6 is 0 Å². The van der Waals surface area contributed by atoms with E-state index in [0.717, 1.165) is 5.56 Å². The van der Waals surface area contributed by atoms with Crippen molar-refractivity contribution in [2.45, 2.75) is 0 Å². The minimum absolute atomic E-state index is 0.218. The zero-order valence-corrected chi connectivity index (χ0v) is 12.8. The molecule has 5 nitrogen and oxygen atoms in total. The van der Waals surface area contributed by atoms with Crippen LogP contribution < -0.4 is 9.47 Å². The SMILES string of the molecule is COc1ccccc1/C=C1\N=C(c2ccccc2OC)OC1=O. The summed E-state index contributed by atoms with van der Waals surface area (Å²) in [5.74, 6) is 0.983. The number of para-hydroxylation sites is 2. The Hall–Kier alpha value is -3.08. The molecule has 0 saturated carbocycles. The van der Waals surface area contributed by atoms with Crippen LogP contribution in [-0.2, 0) is 9.53 Å². The topological polar surface area (TPSA) is 57.1 Å². The maximum atomic E-state index is 12.1. The lowest BCUT2D eigenvalue weighted by Crippen LogP contribution is -2.06. The first-order valence-electron chi connectivity index (χ1n) is 7.02. The van der Waals surface area contributed by atoms with Crippen LogP contribution in [-0.4, -0.2) is 26.1 Å². The predicted molar refractivity (Wildman–Crippen MR) is 86.6 cm³/mol. The van der Waals surface area contributed by atoms with E-state index in [9.17, 15) is 4.79 Å². The number of hydrogen-bond donors (Lipinski definition) is 0. The molecule has 0 bridgehead atoms. The average molecular weight is 309 g/mol. The van der Waals surface area contributed by atoms with Crippen LogP contribution in [0, 0.1) is 0 Å². The number of carbonyl (C=O) groups excluding carboxylic acids is 1. The Bertz CT molecular complexity index is 808. The van der Waals surface area contributed by atoms with Crippen LogP contribution in [0.1, 0.15) is 11.1 Å². The van der Waals surface area contributed by atoms with Gasteiger partial charge in [0.25, 0.3) is 0 Å². The van der Waals surface area contributed by atoms with E-state index in [-0.39, 0.29) is 11.6 Å². The third kappa shape index (κ3) is 2.94. The van der Waals surface area contributed by atoms with Crippen molar-refractivity contribution in [3.8, 4) is 11.5 Å². The fraction of sp³-hybridized carbons (Fsp3) is 0.111. The van der Waals surface area contributed by atoms with Crippen LogP contribution in [0.15, 0.2) is 59.2 Å². The molecule has 2 aromatic carbocycles. The Labute approximate surface area is 133 Å². The van der Waals surface area contributed by atoms with Gasteiger partial charge < -0.3 is 14.2 Å². The summed E-state index contributed by atoms with van der Waals surface area (Å²) in [5, 5.41) is 0. The van der Waals surface area contributed by atoms with Crippen molar-refractivity contribution in [1.29, 1.82) is 0 Å². The smallest absolute Gasteiger partial charge is 0.363 e. The second kappa shape index (κ2) is 6.36. The average Bonchev–Trinajstić information content (AvgIpc) is 2.96. The second-order valence-corrected chi connectivity index (χ2v) is 4.78. The molecule has 3 rings (SSSR count). The zero-order valence-electron chi connectivity index (χ0n) is 12.8. The van der Waals surface area contributed by atoms with Crippen LogP contribution in [0.4, 0.5) is 0 Å². The lowest BCUT2D eigenvalue weighted by atomic mass is 10.1. The number of rotatable bonds is 4. The second-order valence-electron chi connectivity index (χ2n) is 4.78. The van der Waals surface area contributed by atoms with E-state index in [1.54, 1.807) is 32.4 Å². The van der Waals surface area contributed by atoms with Crippen LogP contribution in [0.25, 0.3) is 6.08 Å². The molecule has 2 aromatic rings. The molecule has 0 unspecified atom stereocenters. The normalized spacial score (nSPS) is 15.3. The first kappa shape index (κ1) is 14.8. The van der Waals surface area contributed by atoms with Crippen LogP contribution in [0.3, 0.4) is 0 Å². The van der Waals surface area contributed by atoms with Gasteiger partial charge in [-0.2, -0.15) is 0 Å². The molecule has 0 saturated heterocycles. The van der Waals surface area contributed by atoms with Gasteiger partial charge in [0.2, 0.25) is 5.90 Å². The van der Waals surface area contributed by atoms with Crippen LogP contribution in [0.5, 0.6) is 11.5 Å². The van der Waals surface area contributed by atoms with E-state index in [1.807, 2.05) is 36.4 Å². The van der Waals surface area contributed by atoms with Gasteiger partial charge >= 0.3 is 5.97 Å². The minimum atomic E-state index is -0.503. The molecule has 0 N–H and O–H groups in total. The van der Waals surface area contributed by atoms with Crippen molar-refractivity contribution in [3.63, 3.8) is 0 Å². The molecule has 0 fully saturated rings. The zero-order chi connectivity index (χ0) is 16.2. The third-order valence-electron chi connectivity index (χ3n) is 3.39. The lowest BCUT2D eigenvalue weighted by molar-refractivity contribution is -0.129. The highest BCUT2D eigenvalue weighted by Crippen LogP contribution is 2.27. The molecule has 116 valence electrons. The fourth-order valence-electron chi connectivity index (χ4n) is 2.28. The fourth-order valence-corrected chi connectivity index (χ4v) is 2.28. The number of nitrogens with zero attached hydrogens (tertiary/aromatic N) is 1. The molecule has 0 spiro atoms. The van der Waals surface area contributed by atoms with E-state index in [1.165, 1.54) is 0 Å². The van der Waals surface area contributed by atoms with Gasteiger partial charge in [-0.15, -0.1) is 0 Å². The quantitative estimate of drug-likeness (QED) is 0.643. The summed E-state index contributed by atoms with van der Waals surface area (Å²) in [6.07, 6.45) is 1.64. The van der Waals surface area contributed by atoms with Gasteiger partial charge in [0, 0.05) is 5.56 Å². The number of carbonyl (C=O) groups is 1. The molecule has 1 heterocycles. The van der Waals surface area contributed by atoms with Gasteiger partial charge in [-0.05, 0) is 24.3 Å². The summed E-state index contributed by atoms with van der Waals surface area (Å²) in [6.45, 7) is 0. The Morgan fingerprint density at radius 1 is 0.957 bits per heavy atom. The molecule has 1 aliphatic heterocycles. The summed E-state index contributed by atoms with van der Waals surface area (Å²) in [6, 6.07) is 14.6. The lowest BCUT2D eigenvalue weighted by Gasteiger charge is -2.05. The Morgan fingerprint density at radius 2 is 1.61 bits per heavy atom. The maximum absolute atomic E-state index is 12.1. The van der Waals surface area contributed by atoms with Crippen molar-refractivity contribution in [1.82, 2.24) is 0 Å².